The largest absolute Gasteiger partial charge is 0.489 e. The van der Waals surface area contributed by atoms with Crippen molar-refractivity contribution in [1.82, 2.24) is 4.90 Å². The summed E-state index contributed by atoms with van der Waals surface area (Å²) in [6, 6.07) is 23.9. The van der Waals surface area contributed by atoms with Crippen molar-refractivity contribution in [3.63, 3.8) is 0 Å². The molecule has 2 atom stereocenters. The fourth-order valence-corrected chi connectivity index (χ4v) is 4.69. The van der Waals surface area contributed by atoms with Gasteiger partial charge in [0.25, 0.3) is 0 Å². The topological polar surface area (TPSA) is 68.2 Å². The molecule has 0 amide bonds. The average molecular weight is 446 g/mol. The van der Waals surface area contributed by atoms with E-state index in [1.807, 2.05) is 66.7 Å². The van der Waals surface area contributed by atoms with Crippen molar-refractivity contribution in [1.29, 1.82) is 0 Å². The molecule has 0 spiro atoms. The minimum absolute atomic E-state index is 0.159. The summed E-state index contributed by atoms with van der Waals surface area (Å²) >= 11 is 0. The maximum atomic E-state index is 11.8. The number of ether oxygens (including phenoxy) is 3. The van der Waals surface area contributed by atoms with E-state index in [0.717, 1.165) is 41.2 Å². The van der Waals surface area contributed by atoms with E-state index in [1.54, 1.807) is 0 Å². The van der Waals surface area contributed by atoms with Gasteiger partial charge in [0.1, 0.15) is 12.4 Å². The van der Waals surface area contributed by atoms with Crippen LogP contribution in [-0.2, 0) is 11.4 Å². The molecule has 1 fully saturated rings. The Morgan fingerprint density at radius 3 is 2.67 bits per heavy atom. The third-order valence-electron chi connectivity index (χ3n) is 6.33. The number of fused-ring (bicyclic) bond motifs is 1. The van der Waals surface area contributed by atoms with Crippen LogP contribution in [0, 0.1) is 5.92 Å². The number of hydrogen-bond donors (Lipinski definition) is 1. The van der Waals surface area contributed by atoms with Crippen molar-refractivity contribution >= 4 is 5.97 Å². The monoisotopic (exact) mass is 445 g/mol. The summed E-state index contributed by atoms with van der Waals surface area (Å²) in [4.78, 5) is 14.0. The van der Waals surface area contributed by atoms with Crippen LogP contribution in [0.25, 0.3) is 0 Å². The second-order valence-electron chi connectivity index (χ2n) is 8.50. The van der Waals surface area contributed by atoms with E-state index in [4.69, 9.17) is 14.2 Å². The lowest BCUT2D eigenvalue weighted by Crippen LogP contribution is -2.41. The second-order valence-corrected chi connectivity index (χ2v) is 8.50. The van der Waals surface area contributed by atoms with Crippen LogP contribution in [0.3, 0.4) is 0 Å². The Balaban J connectivity index is 1.51. The number of rotatable bonds is 7. The SMILES string of the molecule is O=C(O)C1CCCN(C(c2ccc3c(c2)OCO3)c2ccccc2OCc2ccccc2)C1. The lowest BCUT2D eigenvalue weighted by atomic mass is 9.91. The first-order valence-electron chi connectivity index (χ1n) is 11.3. The number of carboxylic acid groups (broad SMARTS) is 1. The molecule has 3 aromatic carbocycles. The van der Waals surface area contributed by atoms with Crippen LogP contribution in [0.4, 0.5) is 0 Å². The number of nitrogens with zero attached hydrogens (tertiary/aromatic N) is 1. The van der Waals surface area contributed by atoms with Gasteiger partial charge in [-0.1, -0.05) is 54.6 Å². The highest BCUT2D eigenvalue weighted by Gasteiger charge is 2.33. The van der Waals surface area contributed by atoms with Crippen LogP contribution >= 0.6 is 0 Å². The Morgan fingerprint density at radius 2 is 1.82 bits per heavy atom. The zero-order valence-electron chi connectivity index (χ0n) is 18.4. The van der Waals surface area contributed by atoms with Crippen LogP contribution in [0.1, 0.15) is 35.6 Å². The van der Waals surface area contributed by atoms with E-state index in [-0.39, 0.29) is 18.8 Å². The molecule has 0 saturated carbocycles. The lowest BCUT2D eigenvalue weighted by molar-refractivity contribution is -0.143. The summed E-state index contributed by atoms with van der Waals surface area (Å²) in [6.45, 7) is 1.98. The Hall–Kier alpha value is -3.51. The molecule has 1 saturated heterocycles. The van der Waals surface area contributed by atoms with Gasteiger partial charge in [0.05, 0.1) is 12.0 Å². The molecule has 170 valence electrons. The highest BCUT2D eigenvalue weighted by molar-refractivity contribution is 5.70. The van der Waals surface area contributed by atoms with Gasteiger partial charge in [-0.25, -0.2) is 0 Å². The smallest absolute Gasteiger partial charge is 0.307 e. The molecular weight excluding hydrogens is 418 g/mol. The molecule has 2 aliphatic rings. The Bertz CT molecular complexity index is 1120. The third kappa shape index (κ3) is 4.66. The van der Waals surface area contributed by atoms with Crippen molar-refractivity contribution in [2.75, 3.05) is 19.9 Å². The Labute approximate surface area is 193 Å². The number of para-hydroxylation sites is 1. The minimum atomic E-state index is -0.738. The Kier molecular flexibility index (Phi) is 6.17. The van der Waals surface area contributed by atoms with Gasteiger partial charge >= 0.3 is 5.97 Å². The predicted octanol–water partition coefficient (Wildman–Crippen LogP) is 4.88. The molecule has 1 N–H and O–H groups in total. The highest BCUT2D eigenvalue weighted by atomic mass is 16.7. The summed E-state index contributed by atoms with van der Waals surface area (Å²) in [7, 11) is 0. The number of hydrogen-bond acceptors (Lipinski definition) is 5. The second kappa shape index (κ2) is 9.55. The normalized spacial score (nSPS) is 18.6. The van der Waals surface area contributed by atoms with Crippen molar-refractivity contribution in [3.05, 3.63) is 89.5 Å². The number of carboxylic acids is 1. The number of benzene rings is 3. The van der Waals surface area contributed by atoms with Crippen LogP contribution in [0.15, 0.2) is 72.8 Å². The molecule has 2 heterocycles. The molecule has 2 aliphatic heterocycles. The van der Waals surface area contributed by atoms with Crippen LogP contribution in [0.2, 0.25) is 0 Å². The third-order valence-corrected chi connectivity index (χ3v) is 6.33. The molecule has 0 radical (unpaired) electrons. The van der Waals surface area contributed by atoms with Gasteiger partial charge in [0.15, 0.2) is 11.5 Å². The van der Waals surface area contributed by atoms with Gasteiger partial charge < -0.3 is 19.3 Å². The molecule has 6 nitrogen and oxygen atoms in total. The number of carbonyl (C=O) groups is 1. The van der Waals surface area contributed by atoms with Crippen LogP contribution in [-0.4, -0.2) is 35.9 Å². The van der Waals surface area contributed by atoms with E-state index in [0.29, 0.717) is 25.3 Å². The summed E-state index contributed by atoms with van der Waals surface area (Å²) in [5.74, 6) is 1.12. The summed E-state index contributed by atoms with van der Waals surface area (Å²) in [6.07, 6.45) is 1.54. The van der Waals surface area contributed by atoms with E-state index in [9.17, 15) is 9.90 Å². The van der Waals surface area contributed by atoms with Crippen molar-refractivity contribution in [3.8, 4) is 17.2 Å². The van der Waals surface area contributed by atoms with Crippen molar-refractivity contribution in [2.45, 2.75) is 25.5 Å². The van der Waals surface area contributed by atoms with Gasteiger partial charge in [-0.3, -0.25) is 9.69 Å². The fourth-order valence-electron chi connectivity index (χ4n) is 4.69. The molecule has 0 aromatic heterocycles. The first-order valence-corrected chi connectivity index (χ1v) is 11.3. The van der Waals surface area contributed by atoms with Crippen LogP contribution in [0.5, 0.6) is 17.2 Å². The molecule has 5 rings (SSSR count). The minimum Gasteiger partial charge on any atom is -0.489 e. The maximum absolute atomic E-state index is 11.8. The molecule has 0 bridgehead atoms. The van der Waals surface area contributed by atoms with E-state index >= 15 is 0 Å². The van der Waals surface area contributed by atoms with Crippen LogP contribution < -0.4 is 14.2 Å². The maximum Gasteiger partial charge on any atom is 0.307 e. The molecule has 6 heteroatoms. The van der Waals surface area contributed by atoms with Gasteiger partial charge in [0.2, 0.25) is 6.79 Å². The lowest BCUT2D eigenvalue weighted by Gasteiger charge is -2.38. The van der Waals surface area contributed by atoms with Gasteiger partial charge in [-0.15, -0.1) is 0 Å². The first kappa shape index (κ1) is 21.3. The average Bonchev–Trinajstić information content (AvgIpc) is 3.33. The van der Waals surface area contributed by atoms with E-state index in [1.165, 1.54) is 0 Å². The van der Waals surface area contributed by atoms with E-state index in [2.05, 4.69) is 11.0 Å². The molecule has 2 unspecified atom stereocenters. The standard InChI is InChI=1S/C27H27NO5/c29-27(30)21-9-6-14-28(16-21)26(20-12-13-24-25(15-20)33-18-32-24)22-10-4-5-11-23(22)31-17-19-7-2-1-3-8-19/h1-5,7-8,10-13,15,21,26H,6,9,14,16-18H2,(H,29,30). The number of aliphatic carboxylic acids is 1. The zero-order chi connectivity index (χ0) is 22.6. The summed E-state index contributed by atoms with van der Waals surface area (Å²) < 4.78 is 17.4. The Morgan fingerprint density at radius 1 is 1.03 bits per heavy atom. The van der Waals surface area contributed by atoms with Gasteiger partial charge in [-0.2, -0.15) is 0 Å². The molecule has 33 heavy (non-hydrogen) atoms. The van der Waals surface area contributed by atoms with E-state index < -0.39 is 5.97 Å². The molecular formula is C27H27NO5. The summed E-state index contributed by atoms with van der Waals surface area (Å²) in [5.41, 5.74) is 3.13. The predicted molar refractivity (Wildman–Crippen MR) is 124 cm³/mol. The number of likely N-dealkylation sites (tertiary alicyclic amines) is 1. The van der Waals surface area contributed by atoms with Crippen molar-refractivity contribution in [2.24, 2.45) is 5.92 Å². The molecule has 3 aromatic rings. The zero-order valence-corrected chi connectivity index (χ0v) is 18.4. The summed E-state index contributed by atoms with van der Waals surface area (Å²) in [5, 5.41) is 9.68. The van der Waals surface area contributed by atoms with Crippen molar-refractivity contribution < 1.29 is 24.1 Å². The van der Waals surface area contributed by atoms with Gasteiger partial charge in [-0.05, 0) is 48.7 Å². The van der Waals surface area contributed by atoms with Gasteiger partial charge in [0, 0.05) is 12.1 Å². The number of piperidine rings is 1. The fraction of sp³-hybridized carbons (Fsp3) is 0.296. The molecule has 0 aliphatic carbocycles. The quantitative estimate of drug-likeness (QED) is 0.559. The first-order chi connectivity index (χ1) is 16.2. The highest BCUT2D eigenvalue weighted by Crippen LogP contribution is 2.41.